The van der Waals surface area contributed by atoms with Crippen molar-refractivity contribution in [3.05, 3.63) is 23.8 Å². The van der Waals surface area contributed by atoms with E-state index < -0.39 is 12.0 Å². The van der Waals surface area contributed by atoms with Gasteiger partial charge in [-0.15, -0.1) is 0 Å². The Morgan fingerprint density at radius 2 is 1.84 bits per heavy atom. The minimum Gasteiger partial charge on any atom is -0.508 e. The van der Waals surface area contributed by atoms with Gasteiger partial charge in [0.2, 0.25) is 0 Å². The van der Waals surface area contributed by atoms with Crippen LogP contribution in [0.15, 0.2) is 18.2 Å². The number of methoxy groups -OCH3 is 1. The number of esters is 1. The van der Waals surface area contributed by atoms with Crippen molar-refractivity contribution in [3.63, 3.8) is 0 Å². The zero-order valence-corrected chi connectivity index (χ0v) is 14.0. The normalized spacial score (nSPS) is 18.3. The highest BCUT2D eigenvalue weighted by molar-refractivity contribution is 6.01. The maximum Gasteiger partial charge on any atom is 0.351 e. The summed E-state index contributed by atoms with van der Waals surface area (Å²) < 4.78 is 4.73. The number of anilines is 1. The Hall–Kier alpha value is -2.40. The third-order valence-corrected chi connectivity index (χ3v) is 4.05. The van der Waals surface area contributed by atoms with Gasteiger partial charge in [0.25, 0.3) is 0 Å². The van der Waals surface area contributed by atoms with Gasteiger partial charge in [-0.1, -0.05) is 0 Å². The van der Waals surface area contributed by atoms with Crippen LogP contribution < -0.4 is 16.0 Å². The van der Waals surface area contributed by atoms with Gasteiger partial charge in [0.1, 0.15) is 5.75 Å². The van der Waals surface area contributed by atoms with Gasteiger partial charge >= 0.3 is 12.0 Å². The number of amides is 2. The lowest BCUT2D eigenvalue weighted by Gasteiger charge is -2.36. The molecular formula is C15H22N6O4. The molecule has 136 valence electrons. The molecule has 0 saturated carbocycles. The third kappa shape index (κ3) is 3.82. The number of aromatic hydroxyl groups is 1. The quantitative estimate of drug-likeness (QED) is 0.542. The van der Waals surface area contributed by atoms with Crippen molar-refractivity contribution < 1.29 is 19.4 Å². The van der Waals surface area contributed by atoms with Crippen LogP contribution in [0.25, 0.3) is 0 Å². The number of nitrogens with zero attached hydrogens (tertiary/aromatic N) is 3. The van der Waals surface area contributed by atoms with Crippen molar-refractivity contribution in [2.24, 2.45) is 0 Å². The zero-order chi connectivity index (χ0) is 17.8. The Morgan fingerprint density at radius 3 is 2.36 bits per heavy atom. The van der Waals surface area contributed by atoms with Crippen LogP contribution in [0.2, 0.25) is 0 Å². The fourth-order valence-corrected chi connectivity index (χ4v) is 2.84. The SMILES string of the molecule is COC(=O)c1ccc(O)cc1NC(=O)N(N1CCNC1)N1CCNC1. The van der Waals surface area contributed by atoms with Gasteiger partial charge in [-0.2, -0.15) is 15.1 Å². The lowest BCUT2D eigenvalue weighted by Crippen LogP contribution is -2.56. The van der Waals surface area contributed by atoms with Crippen molar-refractivity contribution in [1.29, 1.82) is 0 Å². The van der Waals surface area contributed by atoms with Crippen molar-refractivity contribution in [2.75, 3.05) is 51.9 Å². The minimum atomic E-state index is -0.590. The minimum absolute atomic E-state index is 0.0554. The predicted molar refractivity (Wildman–Crippen MR) is 89.5 cm³/mol. The molecule has 0 bridgehead atoms. The highest BCUT2D eigenvalue weighted by Gasteiger charge is 2.32. The molecule has 0 spiro atoms. The van der Waals surface area contributed by atoms with Crippen molar-refractivity contribution in [3.8, 4) is 5.75 Å². The summed E-state index contributed by atoms with van der Waals surface area (Å²) in [5, 5.41) is 24.1. The lowest BCUT2D eigenvalue weighted by molar-refractivity contribution is -0.116. The fourth-order valence-electron chi connectivity index (χ4n) is 2.84. The van der Waals surface area contributed by atoms with E-state index in [4.69, 9.17) is 4.74 Å². The first-order valence-electron chi connectivity index (χ1n) is 8.03. The second-order valence-corrected chi connectivity index (χ2v) is 5.72. The second kappa shape index (κ2) is 7.66. The highest BCUT2D eigenvalue weighted by atomic mass is 16.5. The molecule has 2 heterocycles. The molecule has 0 unspecified atom stereocenters. The van der Waals surface area contributed by atoms with Crippen LogP contribution >= 0.6 is 0 Å². The molecule has 0 aromatic heterocycles. The molecule has 0 aliphatic carbocycles. The Morgan fingerprint density at radius 1 is 1.20 bits per heavy atom. The summed E-state index contributed by atoms with van der Waals surface area (Å²) in [4.78, 5) is 24.8. The number of nitrogens with one attached hydrogen (secondary N) is 3. The summed E-state index contributed by atoms with van der Waals surface area (Å²) in [6.07, 6.45) is 0. The van der Waals surface area contributed by atoms with Gasteiger partial charge in [-0.25, -0.2) is 9.59 Å². The number of ether oxygens (including phenoxy) is 1. The van der Waals surface area contributed by atoms with E-state index in [1.165, 1.54) is 30.4 Å². The molecule has 2 saturated heterocycles. The predicted octanol–water partition coefficient (Wildman–Crippen LogP) is -0.432. The number of benzene rings is 1. The number of carbonyl (C=O) groups is 2. The first-order valence-corrected chi connectivity index (χ1v) is 8.03. The molecule has 3 rings (SSSR count). The lowest BCUT2D eigenvalue weighted by atomic mass is 10.1. The number of phenolic OH excluding ortho intramolecular Hbond substituents is 1. The topological polar surface area (TPSA) is 109 Å². The van der Waals surface area contributed by atoms with Crippen LogP contribution in [-0.4, -0.2) is 78.9 Å². The Labute approximate surface area is 145 Å². The van der Waals surface area contributed by atoms with E-state index in [1.54, 1.807) is 0 Å². The number of phenols is 1. The smallest absolute Gasteiger partial charge is 0.351 e. The summed E-state index contributed by atoms with van der Waals surface area (Å²) in [6, 6.07) is 3.69. The van der Waals surface area contributed by atoms with Crippen LogP contribution in [0.3, 0.4) is 0 Å². The van der Waals surface area contributed by atoms with E-state index in [0.717, 1.165) is 13.1 Å². The second-order valence-electron chi connectivity index (χ2n) is 5.72. The summed E-state index contributed by atoms with van der Waals surface area (Å²) in [7, 11) is 1.26. The van der Waals surface area contributed by atoms with Crippen LogP contribution in [0.4, 0.5) is 10.5 Å². The number of urea groups is 1. The third-order valence-electron chi connectivity index (χ3n) is 4.05. The molecule has 4 N–H and O–H groups in total. The first kappa shape index (κ1) is 17.4. The molecule has 10 nitrogen and oxygen atoms in total. The van der Waals surface area contributed by atoms with E-state index >= 15 is 0 Å². The van der Waals surface area contributed by atoms with Gasteiger partial charge in [0.05, 0.1) is 31.7 Å². The number of hydrogen-bond acceptors (Lipinski definition) is 8. The van der Waals surface area contributed by atoms with E-state index in [1.807, 2.05) is 10.0 Å². The summed E-state index contributed by atoms with van der Waals surface area (Å²) in [5.74, 6) is -0.646. The van der Waals surface area contributed by atoms with Crippen LogP contribution in [0.1, 0.15) is 10.4 Å². The van der Waals surface area contributed by atoms with Gasteiger partial charge in [0.15, 0.2) is 0 Å². The fraction of sp³-hybridized carbons (Fsp3) is 0.467. The van der Waals surface area contributed by atoms with Crippen LogP contribution in [0.5, 0.6) is 5.75 Å². The van der Waals surface area contributed by atoms with E-state index in [-0.39, 0.29) is 17.0 Å². The van der Waals surface area contributed by atoms with E-state index in [9.17, 15) is 14.7 Å². The highest BCUT2D eigenvalue weighted by Crippen LogP contribution is 2.23. The summed E-state index contributed by atoms with van der Waals surface area (Å²) in [6.45, 7) is 4.04. The standard InChI is InChI=1S/C15H22N6O4/c1-25-14(23)12-3-2-11(22)8-13(12)18-15(24)21(19-6-4-16-9-19)20-7-5-17-10-20/h2-3,8,16-17,22H,4-7,9-10H2,1H3,(H,18,24). The molecule has 1 aromatic rings. The van der Waals surface area contributed by atoms with Crippen LogP contribution in [0, 0.1) is 0 Å². The molecule has 2 amide bonds. The van der Waals surface area contributed by atoms with Crippen molar-refractivity contribution in [2.45, 2.75) is 0 Å². The average Bonchev–Trinajstić information content (AvgIpc) is 3.29. The molecule has 2 fully saturated rings. The Balaban J connectivity index is 1.83. The maximum atomic E-state index is 12.9. The van der Waals surface area contributed by atoms with Crippen LogP contribution in [-0.2, 0) is 4.74 Å². The monoisotopic (exact) mass is 350 g/mol. The molecule has 2 aliphatic rings. The molecule has 1 aromatic carbocycles. The van der Waals surface area contributed by atoms with E-state index in [0.29, 0.717) is 26.4 Å². The average molecular weight is 350 g/mol. The molecule has 10 heteroatoms. The number of hydrazine groups is 2. The van der Waals surface area contributed by atoms with Gasteiger partial charge in [-0.05, 0) is 12.1 Å². The molecular weight excluding hydrogens is 328 g/mol. The Bertz CT molecular complexity index is 627. The molecule has 2 aliphatic heterocycles. The molecule has 0 radical (unpaired) electrons. The number of hydrogen-bond donors (Lipinski definition) is 4. The summed E-state index contributed by atoms with van der Waals surface area (Å²) in [5.41, 5.74) is 0.369. The maximum absolute atomic E-state index is 12.9. The molecule has 0 atom stereocenters. The van der Waals surface area contributed by atoms with Gasteiger partial charge in [-0.3, -0.25) is 0 Å². The van der Waals surface area contributed by atoms with Gasteiger partial charge < -0.3 is 25.8 Å². The van der Waals surface area contributed by atoms with E-state index in [2.05, 4.69) is 16.0 Å². The Kier molecular flexibility index (Phi) is 5.34. The van der Waals surface area contributed by atoms with Crippen molar-refractivity contribution >= 4 is 17.7 Å². The van der Waals surface area contributed by atoms with Gasteiger partial charge in [0, 0.05) is 32.2 Å². The largest absolute Gasteiger partial charge is 0.508 e. The summed E-state index contributed by atoms with van der Waals surface area (Å²) >= 11 is 0. The number of carbonyl (C=O) groups excluding carboxylic acids is 2. The zero-order valence-electron chi connectivity index (χ0n) is 14.0. The van der Waals surface area contributed by atoms with Crippen molar-refractivity contribution in [1.82, 2.24) is 25.8 Å². The first-order chi connectivity index (χ1) is 12.1. The number of rotatable bonds is 4. The molecule has 25 heavy (non-hydrogen) atoms.